The molecule has 2 aromatic heterocycles. The molecule has 0 atom stereocenters. The Balaban J connectivity index is 1.74. The van der Waals surface area contributed by atoms with Gasteiger partial charge in [0.1, 0.15) is 22.1 Å². The molecule has 0 saturated heterocycles. The highest BCUT2D eigenvalue weighted by atomic mass is 32.1. The number of amides is 1. The van der Waals surface area contributed by atoms with Crippen molar-refractivity contribution in [3.8, 4) is 22.6 Å². The molecular weight excluding hydrogens is 426 g/mol. The van der Waals surface area contributed by atoms with Crippen LogP contribution in [-0.4, -0.2) is 29.8 Å². The summed E-state index contributed by atoms with van der Waals surface area (Å²) in [6, 6.07) is 11.7. The van der Waals surface area contributed by atoms with Gasteiger partial charge in [-0.2, -0.15) is 0 Å². The normalized spacial score (nSPS) is 11.6. The Labute approximate surface area is 189 Å². The van der Waals surface area contributed by atoms with Crippen LogP contribution in [0.5, 0.6) is 11.5 Å². The number of aryl methyl sites for hydroxylation is 1. The van der Waals surface area contributed by atoms with Crippen LogP contribution < -0.4 is 14.8 Å². The van der Waals surface area contributed by atoms with E-state index in [0.29, 0.717) is 23.1 Å². The average molecular weight is 450 g/mol. The van der Waals surface area contributed by atoms with Crippen LogP contribution >= 0.6 is 11.3 Å². The maximum absolute atomic E-state index is 12.5. The molecule has 0 saturated carbocycles. The van der Waals surface area contributed by atoms with Gasteiger partial charge in [-0.05, 0) is 50.1 Å². The van der Waals surface area contributed by atoms with Crippen LogP contribution in [0.1, 0.15) is 24.4 Å². The highest BCUT2D eigenvalue weighted by Crippen LogP contribution is 2.38. The second kappa shape index (κ2) is 9.23. The number of rotatable bonds is 7. The van der Waals surface area contributed by atoms with Gasteiger partial charge in [0.05, 0.1) is 20.0 Å². The lowest BCUT2D eigenvalue weighted by Crippen LogP contribution is -2.08. The van der Waals surface area contributed by atoms with Gasteiger partial charge in [-0.25, -0.2) is 0 Å². The van der Waals surface area contributed by atoms with E-state index in [4.69, 9.17) is 13.9 Å². The topological polar surface area (TPSA) is 86.5 Å². The first-order chi connectivity index (χ1) is 15.5. The second-order valence-corrected chi connectivity index (χ2v) is 8.28. The monoisotopic (exact) mass is 449 g/mol. The van der Waals surface area contributed by atoms with E-state index in [9.17, 15) is 4.79 Å². The summed E-state index contributed by atoms with van der Waals surface area (Å²) in [5.41, 5.74) is 4.19. The van der Waals surface area contributed by atoms with Crippen molar-refractivity contribution in [3.05, 3.63) is 59.3 Å². The number of allylic oxidation sites excluding steroid dienone is 1. The number of carbonyl (C=O) groups is 1. The number of methoxy groups -OCH3 is 1. The van der Waals surface area contributed by atoms with Gasteiger partial charge >= 0.3 is 0 Å². The molecule has 0 spiro atoms. The predicted octanol–water partition coefficient (Wildman–Crippen LogP) is 5.71. The summed E-state index contributed by atoms with van der Waals surface area (Å²) in [5.74, 6) is 1.14. The fourth-order valence-electron chi connectivity index (χ4n) is 3.42. The summed E-state index contributed by atoms with van der Waals surface area (Å²) in [6.07, 6.45) is 3.26. The lowest BCUT2D eigenvalue weighted by atomic mass is 9.99. The summed E-state index contributed by atoms with van der Waals surface area (Å²) >= 11 is 1.33. The summed E-state index contributed by atoms with van der Waals surface area (Å²) in [6.45, 7) is 6.12. The van der Waals surface area contributed by atoms with Crippen molar-refractivity contribution in [1.82, 2.24) is 10.2 Å². The zero-order valence-corrected chi connectivity index (χ0v) is 19.1. The van der Waals surface area contributed by atoms with Gasteiger partial charge < -0.3 is 13.9 Å². The quantitative estimate of drug-likeness (QED) is 0.364. The molecule has 0 unspecified atom stereocenters. The maximum Gasteiger partial charge on any atom is 0.250 e. The fraction of sp³-hybridized carbons (Fsp3) is 0.208. The molecule has 164 valence electrons. The van der Waals surface area contributed by atoms with E-state index in [1.807, 2.05) is 57.2 Å². The van der Waals surface area contributed by atoms with E-state index < -0.39 is 0 Å². The molecule has 0 aliphatic carbocycles. The van der Waals surface area contributed by atoms with E-state index in [1.165, 1.54) is 17.4 Å². The number of nitrogens with zero attached hydrogens (tertiary/aromatic N) is 2. The molecule has 0 fully saturated rings. The van der Waals surface area contributed by atoms with Crippen molar-refractivity contribution in [1.29, 1.82) is 0 Å². The minimum absolute atomic E-state index is 0.276. The largest absolute Gasteiger partial charge is 0.497 e. The first kappa shape index (κ1) is 21.6. The molecule has 2 aromatic carbocycles. The van der Waals surface area contributed by atoms with Gasteiger partial charge in [-0.1, -0.05) is 23.5 Å². The molecule has 1 N–H and O–H groups in total. The summed E-state index contributed by atoms with van der Waals surface area (Å²) in [5, 5.41) is 12.8. The second-order valence-electron chi connectivity index (χ2n) is 7.10. The third-order valence-corrected chi connectivity index (χ3v) is 5.64. The van der Waals surface area contributed by atoms with Crippen LogP contribution in [0.3, 0.4) is 0 Å². The van der Waals surface area contributed by atoms with Crippen LogP contribution in [0.4, 0.5) is 5.13 Å². The molecule has 0 radical (unpaired) electrons. The summed E-state index contributed by atoms with van der Waals surface area (Å²) in [4.78, 5) is 12.5. The number of benzene rings is 2. The SMILES string of the molecule is CCOc1cc2occ(-c3cccc(OC)c3)c2cc1/C(C)=C/C(=O)Nc1nnc(C)s1. The molecule has 4 aromatic rings. The third kappa shape index (κ3) is 4.50. The Bertz CT molecular complexity index is 1310. The molecule has 8 heteroatoms. The van der Waals surface area contributed by atoms with Gasteiger partial charge in [0, 0.05) is 28.7 Å². The first-order valence-corrected chi connectivity index (χ1v) is 10.9. The van der Waals surface area contributed by atoms with Crippen LogP contribution in [0, 0.1) is 6.92 Å². The van der Waals surface area contributed by atoms with Crippen molar-refractivity contribution in [2.24, 2.45) is 0 Å². The molecule has 0 aliphatic rings. The van der Waals surface area contributed by atoms with E-state index in [1.54, 1.807) is 13.4 Å². The molecule has 0 aliphatic heterocycles. The number of aromatic nitrogens is 2. The molecule has 32 heavy (non-hydrogen) atoms. The van der Waals surface area contributed by atoms with Gasteiger partial charge in [0.15, 0.2) is 0 Å². The number of anilines is 1. The maximum atomic E-state index is 12.5. The van der Waals surface area contributed by atoms with Crippen molar-refractivity contribution >= 4 is 38.9 Å². The average Bonchev–Trinajstić information content (AvgIpc) is 3.38. The summed E-state index contributed by atoms with van der Waals surface area (Å²) in [7, 11) is 1.64. The zero-order valence-electron chi connectivity index (χ0n) is 18.3. The van der Waals surface area contributed by atoms with Gasteiger partial charge in [-0.3, -0.25) is 10.1 Å². The molecular formula is C24H23N3O4S. The number of fused-ring (bicyclic) bond motifs is 1. The summed E-state index contributed by atoms with van der Waals surface area (Å²) < 4.78 is 17.0. The van der Waals surface area contributed by atoms with Crippen molar-refractivity contribution < 1.29 is 18.7 Å². The number of hydrogen-bond donors (Lipinski definition) is 1. The van der Waals surface area contributed by atoms with Crippen LogP contribution in [-0.2, 0) is 4.79 Å². The van der Waals surface area contributed by atoms with E-state index >= 15 is 0 Å². The lowest BCUT2D eigenvalue weighted by Gasteiger charge is -2.11. The number of furan rings is 1. The highest BCUT2D eigenvalue weighted by molar-refractivity contribution is 7.15. The Morgan fingerprint density at radius 1 is 1.25 bits per heavy atom. The van der Waals surface area contributed by atoms with Gasteiger partial charge in [-0.15, -0.1) is 10.2 Å². The van der Waals surface area contributed by atoms with Crippen LogP contribution in [0.25, 0.3) is 27.7 Å². The minimum Gasteiger partial charge on any atom is -0.497 e. The van der Waals surface area contributed by atoms with E-state index in [0.717, 1.165) is 38.4 Å². The number of carbonyl (C=O) groups excluding carboxylic acids is 1. The first-order valence-electron chi connectivity index (χ1n) is 10.1. The van der Waals surface area contributed by atoms with Crippen molar-refractivity contribution in [3.63, 3.8) is 0 Å². The predicted molar refractivity (Wildman–Crippen MR) is 126 cm³/mol. The molecule has 4 rings (SSSR count). The number of hydrogen-bond acceptors (Lipinski definition) is 7. The van der Waals surface area contributed by atoms with Gasteiger partial charge in [0.25, 0.3) is 0 Å². The molecule has 0 bridgehead atoms. The highest BCUT2D eigenvalue weighted by Gasteiger charge is 2.16. The molecule has 2 heterocycles. The zero-order chi connectivity index (χ0) is 22.7. The number of ether oxygens (including phenoxy) is 2. The smallest absolute Gasteiger partial charge is 0.250 e. The fourth-order valence-corrected chi connectivity index (χ4v) is 4.01. The minimum atomic E-state index is -0.276. The van der Waals surface area contributed by atoms with Crippen molar-refractivity contribution in [2.45, 2.75) is 20.8 Å². The third-order valence-electron chi connectivity index (χ3n) is 4.88. The standard InChI is InChI=1S/C24H23N3O4S/c1-5-30-21-12-22-19(20(13-31-22)16-7-6-8-17(10-16)29-4)11-18(21)14(2)9-23(28)25-24-27-26-15(3)32-24/h6-13H,5H2,1-4H3,(H,25,27,28)/b14-9+. The van der Waals surface area contributed by atoms with Crippen LogP contribution in [0.2, 0.25) is 0 Å². The van der Waals surface area contributed by atoms with E-state index in [-0.39, 0.29) is 5.91 Å². The Morgan fingerprint density at radius 2 is 2.09 bits per heavy atom. The lowest BCUT2D eigenvalue weighted by molar-refractivity contribution is -0.111. The Kier molecular flexibility index (Phi) is 6.23. The Hall–Kier alpha value is -3.65. The molecule has 7 nitrogen and oxygen atoms in total. The number of nitrogens with one attached hydrogen (secondary N) is 1. The molecule has 1 amide bonds. The van der Waals surface area contributed by atoms with Crippen molar-refractivity contribution in [2.75, 3.05) is 19.0 Å². The Morgan fingerprint density at radius 3 is 2.81 bits per heavy atom. The van der Waals surface area contributed by atoms with Crippen LogP contribution in [0.15, 0.2) is 53.2 Å². The van der Waals surface area contributed by atoms with E-state index in [2.05, 4.69) is 15.5 Å². The van der Waals surface area contributed by atoms with Gasteiger partial charge in [0.2, 0.25) is 11.0 Å².